The molecule has 288 valence electrons. The average Bonchev–Trinajstić information content (AvgIpc) is 3.50. The Morgan fingerprint density at radius 1 is 0.964 bits per heavy atom. The number of nitrogens with zero attached hydrogens (tertiary/aromatic N) is 2. The first-order valence-electron chi connectivity index (χ1n) is 17.2. The lowest BCUT2D eigenvalue weighted by molar-refractivity contribution is -0.274. The lowest BCUT2D eigenvalue weighted by Crippen LogP contribution is -2.53. The number of rotatable bonds is 10. The SMILES string of the molecule is COc1ccc([C@@]23C(=O)N(Nc4ccc(Cl)cc4Cl)C(=O)[C@@H]2C[C@@H]2C(=CC[C@@H]4C(=O)N(CCCC(=O)O)C(=O)[C@@H]42)[C@@H]3c2cc(OC(F)(F)F)ccc2O)cc1. The predicted molar refractivity (Wildman–Crippen MR) is 189 cm³/mol. The first-order valence-corrected chi connectivity index (χ1v) is 17.9. The van der Waals surface area contributed by atoms with Crippen LogP contribution < -0.4 is 14.9 Å². The van der Waals surface area contributed by atoms with Crippen molar-refractivity contribution in [3.05, 3.63) is 93.5 Å². The number of phenols is 1. The zero-order chi connectivity index (χ0) is 39.6. The fourth-order valence-corrected chi connectivity index (χ4v) is 9.27. The fraction of sp³-hybridized carbons (Fsp3) is 0.342. The van der Waals surface area contributed by atoms with E-state index in [9.17, 15) is 37.5 Å². The van der Waals surface area contributed by atoms with Gasteiger partial charge < -0.3 is 19.7 Å². The molecule has 3 fully saturated rings. The van der Waals surface area contributed by atoms with Gasteiger partial charge in [0.15, 0.2) is 0 Å². The summed E-state index contributed by atoms with van der Waals surface area (Å²) in [6.07, 6.45) is -3.93. The third-order valence-electron chi connectivity index (χ3n) is 11.0. The molecule has 4 aliphatic rings. The van der Waals surface area contributed by atoms with Gasteiger partial charge in [-0.15, -0.1) is 13.2 Å². The second-order valence-electron chi connectivity index (χ2n) is 13.8. The highest BCUT2D eigenvalue weighted by Crippen LogP contribution is 2.65. The van der Waals surface area contributed by atoms with E-state index in [1.54, 1.807) is 30.3 Å². The summed E-state index contributed by atoms with van der Waals surface area (Å²) in [4.78, 5) is 70.2. The number of imide groups is 2. The Morgan fingerprint density at radius 2 is 1.67 bits per heavy atom. The molecule has 7 rings (SSSR count). The molecule has 3 aromatic rings. The second-order valence-corrected chi connectivity index (χ2v) is 14.6. The van der Waals surface area contributed by atoms with Crippen molar-refractivity contribution < 1.29 is 56.8 Å². The number of methoxy groups -OCH3 is 1. The van der Waals surface area contributed by atoms with Crippen LogP contribution in [0.25, 0.3) is 0 Å². The highest BCUT2D eigenvalue weighted by molar-refractivity contribution is 6.36. The monoisotopic (exact) mass is 801 g/mol. The second kappa shape index (κ2) is 14.1. The Kier molecular flexibility index (Phi) is 9.74. The molecule has 4 amide bonds. The smallest absolute Gasteiger partial charge is 0.508 e. The van der Waals surface area contributed by atoms with Gasteiger partial charge in [-0.05, 0) is 79.3 Å². The normalized spacial score (nSPS) is 26.0. The number of hydrogen-bond acceptors (Lipinski definition) is 9. The molecule has 0 unspecified atom stereocenters. The van der Waals surface area contributed by atoms with Gasteiger partial charge in [-0.2, -0.15) is 5.01 Å². The van der Waals surface area contributed by atoms with Gasteiger partial charge in [-0.1, -0.05) is 47.0 Å². The van der Waals surface area contributed by atoms with Crippen LogP contribution in [-0.4, -0.2) is 69.7 Å². The first-order chi connectivity index (χ1) is 26.1. The molecule has 55 heavy (non-hydrogen) atoms. The molecule has 2 heterocycles. The molecular formula is C38H32Cl2F3N3O9. The number of alkyl halides is 3. The highest BCUT2D eigenvalue weighted by atomic mass is 35.5. The van der Waals surface area contributed by atoms with Crippen LogP contribution in [0.3, 0.4) is 0 Å². The minimum atomic E-state index is -5.13. The summed E-state index contributed by atoms with van der Waals surface area (Å²) in [5.74, 6) is -10.2. The number of allylic oxidation sites excluding steroid dienone is 2. The quantitative estimate of drug-likeness (QED) is 0.153. The number of likely N-dealkylation sites (tertiary alicyclic amines) is 1. The molecular weight excluding hydrogens is 770 g/mol. The van der Waals surface area contributed by atoms with Crippen molar-refractivity contribution in [3.63, 3.8) is 0 Å². The van der Waals surface area contributed by atoms with Crippen LogP contribution in [0.5, 0.6) is 17.2 Å². The maximum Gasteiger partial charge on any atom is 0.573 e. The van der Waals surface area contributed by atoms with Crippen molar-refractivity contribution in [2.24, 2.45) is 23.7 Å². The molecule has 12 nitrogen and oxygen atoms in total. The van der Waals surface area contributed by atoms with Crippen LogP contribution in [0.15, 0.2) is 72.3 Å². The average molecular weight is 803 g/mol. The number of anilines is 1. The summed E-state index contributed by atoms with van der Waals surface area (Å²) < 4.78 is 50.4. The summed E-state index contributed by atoms with van der Waals surface area (Å²) >= 11 is 12.5. The minimum Gasteiger partial charge on any atom is -0.508 e. The molecule has 0 spiro atoms. The number of hydrogen-bond donors (Lipinski definition) is 3. The van der Waals surface area contributed by atoms with Crippen LogP contribution in [0.2, 0.25) is 10.0 Å². The molecule has 0 aromatic heterocycles. The standard InChI is InChI=1S/C38H32Cl2F3N3O9/c1-54-20-7-4-18(5-8-20)37-26(34(51)46(36(37)53)44-28-12-6-19(39)15-27(28)40)17-24-22(32(37)25-16-21(9-13-29(25)47)55-38(41,42)43)10-11-23-31(24)35(52)45(33(23)50)14-2-3-30(48)49/h4-10,12-13,15-16,23-24,26,31-32,44,47H,2-3,11,14,17H2,1H3,(H,48,49)/t23-,24+,26-,31-,32+,37+/m0/s1. The van der Waals surface area contributed by atoms with E-state index >= 15 is 4.79 Å². The molecule has 3 aromatic carbocycles. The zero-order valence-electron chi connectivity index (χ0n) is 28.8. The Labute approximate surface area is 321 Å². The number of carbonyl (C=O) groups excluding carboxylic acids is 4. The molecule has 2 saturated heterocycles. The molecule has 2 aliphatic heterocycles. The summed E-state index contributed by atoms with van der Waals surface area (Å²) in [6, 6.07) is 13.4. The first kappa shape index (κ1) is 38.0. The number of halogens is 5. The topological polar surface area (TPSA) is 163 Å². The maximum atomic E-state index is 15.3. The van der Waals surface area contributed by atoms with Gasteiger partial charge in [0.2, 0.25) is 11.8 Å². The van der Waals surface area contributed by atoms with Crippen molar-refractivity contribution in [1.29, 1.82) is 0 Å². The Morgan fingerprint density at radius 3 is 2.33 bits per heavy atom. The van der Waals surface area contributed by atoms with Crippen molar-refractivity contribution >= 4 is 58.5 Å². The Hall–Kier alpha value is -5.28. The number of amides is 4. The molecule has 17 heteroatoms. The Balaban J connectivity index is 1.44. The van der Waals surface area contributed by atoms with Crippen LogP contribution in [-0.2, 0) is 29.4 Å². The number of nitrogens with one attached hydrogen (secondary N) is 1. The molecule has 0 radical (unpaired) electrons. The number of fused-ring (bicyclic) bond motifs is 4. The minimum absolute atomic E-state index is 0.00375. The number of aliphatic carboxylic acids is 1. The van der Waals surface area contributed by atoms with E-state index in [2.05, 4.69) is 10.2 Å². The fourth-order valence-electron chi connectivity index (χ4n) is 8.82. The van der Waals surface area contributed by atoms with E-state index < -0.39 is 82.5 Å². The van der Waals surface area contributed by atoms with E-state index in [0.717, 1.165) is 28.1 Å². The van der Waals surface area contributed by atoms with Crippen LogP contribution >= 0.6 is 23.2 Å². The molecule has 6 atom stereocenters. The summed E-state index contributed by atoms with van der Waals surface area (Å²) in [5, 5.41) is 21.8. The van der Waals surface area contributed by atoms with Crippen molar-refractivity contribution in [2.45, 2.75) is 43.4 Å². The summed E-state index contributed by atoms with van der Waals surface area (Å²) in [5.41, 5.74) is 1.38. The van der Waals surface area contributed by atoms with Gasteiger partial charge in [0, 0.05) is 29.5 Å². The Bertz CT molecular complexity index is 2150. The number of hydrazine groups is 1. The lowest BCUT2D eigenvalue weighted by Gasteiger charge is -2.50. The van der Waals surface area contributed by atoms with Gasteiger partial charge in [0.05, 0.1) is 41.0 Å². The van der Waals surface area contributed by atoms with Gasteiger partial charge in [0.1, 0.15) is 17.2 Å². The largest absolute Gasteiger partial charge is 0.573 e. The van der Waals surface area contributed by atoms with Crippen molar-refractivity contribution in [1.82, 2.24) is 9.91 Å². The predicted octanol–water partition coefficient (Wildman–Crippen LogP) is 6.46. The number of phenolic OH excluding ortho intramolecular Hbond substituents is 1. The third kappa shape index (κ3) is 6.42. The third-order valence-corrected chi connectivity index (χ3v) is 11.5. The van der Waals surface area contributed by atoms with Crippen molar-refractivity contribution in [2.75, 3.05) is 19.1 Å². The molecule has 2 aliphatic carbocycles. The summed E-state index contributed by atoms with van der Waals surface area (Å²) in [6.45, 7) is -0.157. The van der Waals surface area contributed by atoms with E-state index in [4.69, 9.17) is 33.0 Å². The molecule has 1 saturated carbocycles. The number of carboxylic acids is 1. The highest BCUT2D eigenvalue weighted by Gasteiger charge is 2.70. The van der Waals surface area contributed by atoms with E-state index in [1.807, 2.05) is 0 Å². The van der Waals surface area contributed by atoms with Crippen LogP contribution in [0.1, 0.15) is 42.7 Å². The number of ether oxygens (including phenoxy) is 2. The van der Waals surface area contributed by atoms with Crippen molar-refractivity contribution in [3.8, 4) is 17.2 Å². The van der Waals surface area contributed by atoms with Crippen LogP contribution in [0.4, 0.5) is 18.9 Å². The van der Waals surface area contributed by atoms with E-state index in [1.165, 1.54) is 25.3 Å². The zero-order valence-corrected chi connectivity index (χ0v) is 30.3. The van der Waals surface area contributed by atoms with Gasteiger partial charge in [-0.3, -0.25) is 34.3 Å². The van der Waals surface area contributed by atoms with Gasteiger partial charge in [0.25, 0.3) is 11.8 Å². The van der Waals surface area contributed by atoms with Gasteiger partial charge >= 0.3 is 12.3 Å². The lowest BCUT2D eigenvalue weighted by atomic mass is 9.49. The number of carbonyl (C=O) groups is 5. The number of carboxylic acid groups (broad SMARTS) is 1. The number of benzene rings is 3. The van der Waals surface area contributed by atoms with Gasteiger partial charge in [-0.25, -0.2) is 0 Å². The van der Waals surface area contributed by atoms with Crippen LogP contribution in [0, 0.1) is 23.7 Å². The molecule has 3 N–H and O–H groups in total. The maximum absolute atomic E-state index is 15.3. The number of aromatic hydroxyl groups is 1. The van der Waals surface area contributed by atoms with E-state index in [0.29, 0.717) is 11.3 Å². The summed E-state index contributed by atoms with van der Waals surface area (Å²) in [7, 11) is 1.42. The van der Waals surface area contributed by atoms with E-state index in [-0.39, 0.29) is 59.1 Å². The molecule has 0 bridgehead atoms.